The molecule has 26 heavy (non-hydrogen) atoms. The molecule has 134 valence electrons. The summed E-state index contributed by atoms with van der Waals surface area (Å²) >= 11 is 0. The molecule has 1 saturated carbocycles. The maximum Gasteiger partial charge on any atom is 0.243 e. The van der Waals surface area contributed by atoms with Crippen molar-refractivity contribution in [1.29, 1.82) is 5.26 Å². The van der Waals surface area contributed by atoms with Gasteiger partial charge in [-0.3, -0.25) is 14.8 Å². The number of aromatic nitrogens is 1. The Balaban J connectivity index is 1.65. The molecular weight excluding hydrogens is 330 g/mol. The summed E-state index contributed by atoms with van der Waals surface area (Å²) in [7, 11) is 0. The number of piperidine rings is 1. The summed E-state index contributed by atoms with van der Waals surface area (Å²) in [6.07, 6.45) is 6.44. The number of H-pyrrole nitrogens is 1. The van der Waals surface area contributed by atoms with Gasteiger partial charge >= 0.3 is 0 Å². The lowest BCUT2D eigenvalue weighted by Gasteiger charge is -2.35. The molecule has 3 aliphatic rings. The molecule has 1 aromatic heterocycles. The molecule has 1 saturated heterocycles. The Kier molecular flexibility index (Phi) is 3.89. The van der Waals surface area contributed by atoms with E-state index in [2.05, 4.69) is 27.8 Å². The topological polar surface area (TPSA) is 114 Å². The Bertz CT molecular complexity index is 855. The van der Waals surface area contributed by atoms with Crippen molar-refractivity contribution >= 4 is 30.5 Å². The van der Waals surface area contributed by atoms with Crippen LogP contribution in [0.4, 0.5) is 5.82 Å². The van der Waals surface area contributed by atoms with Gasteiger partial charge in [0.25, 0.3) is 0 Å². The maximum absolute atomic E-state index is 12.7. The summed E-state index contributed by atoms with van der Waals surface area (Å²) in [5, 5.41) is 10.8. The van der Waals surface area contributed by atoms with Crippen molar-refractivity contribution in [3.8, 4) is 6.07 Å². The lowest BCUT2D eigenvalue weighted by atomic mass is 9.91. The van der Waals surface area contributed by atoms with Crippen molar-refractivity contribution < 1.29 is 4.79 Å². The van der Waals surface area contributed by atoms with Crippen molar-refractivity contribution in [3.05, 3.63) is 23.5 Å². The van der Waals surface area contributed by atoms with E-state index < -0.39 is 5.41 Å². The predicted molar refractivity (Wildman–Crippen MR) is 98.0 cm³/mol. The Hall–Kier alpha value is -2.92. The average molecular weight is 351 g/mol. The fourth-order valence-electron chi connectivity index (χ4n) is 3.83. The third kappa shape index (κ3) is 2.52. The number of amides is 1. The number of aliphatic imine (C=N–C) groups is 2. The number of nitrogens with two attached hydrogens (primary N) is 1. The lowest BCUT2D eigenvalue weighted by Crippen LogP contribution is -2.44. The van der Waals surface area contributed by atoms with Gasteiger partial charge in [-0.25, -0.2) is 10.8 Å². The van der Waals surface area contributed by atoms with Gasteiger partial charge in [0.15, 0.2) is 0 Å². The number of nitrogens with one attached hydrogen (secondary N) is 1. The molecule has 0 unspecified atom stereocenters. The molecule has 3 heterocycles. The van der Waals surface area contributed by atoms with E-state index in [1.807, 2.05) is 17.2 Å². The monoisotopic (exact) mass is 351 g/mol. The summed E-state index contributed by atoms with van der Waals surface area (Å²) in [6, 6.07) is 4.11. The third-order valence-electron chi connectivity index (χ3n) is 5.43. The summed E-state index contributed by atoms with van der Waals surface area (Å²) in [5.74, 6) is 6.84. The number of nitrogens with zero attached hydrogens (tertiary/aromatic N) is 5. The first-order valence-electron chi connectivity index (χ1n) is 8.77. The molecule has 4 rings (SSSR count). The molecule has 1 aliphatic carbocycles. The fourth-order valence-corrected chi connectivity index (χ4v) is 3.83. The Morgan fingerprint density at radius 1 is 1.54 bits per heavy atom. The number of fused-ring (bicyclic) bond motifs is 1. The molecule has 3 N–H and O–H groups in total. The maximum atomic E-state index is 12.7. The third-order valence-corrected chi connectivity index (χ3v) is 5.43. The number of nitriles is 1. The molecule has 8 heteroatoms. The van der Waals surface area contributed by atoms with Crippen LogP contribution in [0.25, 0.3) is 5.70 Å². The van der Waals surface area contributed by atoms with E-state index >= 15 is 0 Å². The Morgan fingerprint density at radius 3 is 3.04 bits per heavy atom. The van der Waals surface area contributed by atoms with Crippen LogP contribution in [0.5, 0.6) is 0 Å². The van der Waals surface area contributed by atoms with E-state index in [1.165, 1.54) is 5.01 Å². The standard InChI is InChI=1S/C18H21N7O/c1-21-14(15-13-4-7-22-16(13)23-11-25(15)20)12-3-2-8-24(9-12)17(26)18(10-19)5-6-18/h4,7,11-12,22H,1-3,5-6,8-9,20H2/b15-14-/t12-/m1/s1. The highest BCUT2D eigenvalue weighted by Crippen LogP contribution is 2.47. The van der Waals surface area contributed by atoms with Gasteiger partial charge in [-0.1, -0.05) is 0 Å². The average Bonchev–Trinajstić information content (AvgIpc) is 3.33. The van der Waals surface area contributed by atoms with Gasteiger partial charge in [0.05, 0.1) is 17.5 Å². The molecule has 2 aliphatic heterocycles. The fraction of sp³-hybridized carbons (Fsp3) is 0.444. The van der Waals surface area contributed by atoms with Gasteiger partial charge in [0.1, 0.15) is 17.6 Å². The smallest absolute Gasteiger partial charge is 0.243 e. The summed E-state index contributed by atoms with van der Waals surface area (Å²) in [5.41, 5.74) is 1.60. The zero-order valence-electron chi connectivity index (χ0n) is 14.5. The second-order valence-corrected chi connectivity index (χ2v) is 7.07. The molecule has 0 spiro atoms. The van der Waals surface area contributed by atoms with Crippen LogP contribution in [-0.4, -0.2) is 46.9 Å². The number of hydrogen-bond donors (Lipinski definition) is 2. The summed E-state index contributed by atoms with van der Waals surface area (Å²) in [6.45, 7) is 4.96. The van der Waals surface area contributed by atoms with E-state index in [4.69, 9.17) is 5.84 Å². The zero-order valence-corrected chi connectivity index (χ0v) is 14.5. The molecular formula is C18H21N7O. The number of likely N-dealkylation sites (tertiary alicyclic amines) is 1. The molecule has 0 aromatic carbocycles. The van der Waals surface area contributed by atoms with Gasteiger partial charge in [0.2, 0.25) is 5.91 Å². The molecule has 2 fully saturated rings. The number of rotatable bonds is 3. The molecule has 1 aromatic rings. The van der Waals surface area contributed by atoms with E-state index in [0.29, 0.717) is 25.9 Å². The van der Waals surface area contributed by atoms with Gasteiger partial charge in [-0.2, -0.15) is 5.26 Å². The second kappa shape index (κ2) is 6.11. The number of carbonyl (C=O) groups excluding carboxylic acids is 1. The van der Waals surface area contributed by atoms with Crippen LogP contribution in [-0.2, 0) is 4.79 Å². The highest BCUT2D eigenvalue weighted by Gasteiger charge is 2.53. The summed E-state index contributed by atoms with van der Waals surface area (Å²) < 4.78 is 0. The Labute approximate surface area is 151 Å². The molecule has 0 radical (unpaired) electrons. The molecule has 0 bridgehead atoms. The quantitative estimate of drug-likeness (QED) is 0.638. The van der Waals surface area contributed by atoms with Gasteiger partial charge < -0.3 is 9.88 Å². The minimum absolute atomic E-state index is 0.0231. The van der Waals surface area contributed by atoms with Crippen molar-refractivity contribution in [1.82, 2.24) is 14.9 Å². The number of hydrazine groups is 1. The first-order chi connectivity index (χ1) is 12.6. The van der Waals surface area contributed by atoms with Crippen molar-refractivity contribution in [2.24, 2.45) is 27.2 Å². The normalized spacial score (nSPS) is 25.3. The van der Waals surface area contributed by atoms with E-state index in [-0.39, 0.29) is 11.8 Å². The highest BCUT2D eigenvalue weighted by atomic mass is 16.2. The zero-order chi connectivity index (χ0) is 18.3. The second-order valence-electron chi connectivity index (χ2n) is 7.07. The van der Waals surface area contributed by atoms with E-state index in [0.717, 1.165) is 35.6 Å². The van der Waals surface area contributed by atoms with Crippen molar-refractivity contribution in [2.75, 3.05) is 13.1 Å². The first kappa shape index (κ1) is 16.5. The number of hydrogen-bond acceptors (Lipinski definition) is 6. The Morgan fingerprint density at radius 2 is 2.35 bits per heavy atom. The van der Waals surface area contributed by atoms with Gasteiger partial charge in [0, 0.05) is 30.8 Å². The van der Waals surface area contributed by atoms with Crippen LogP contribution < -0.4 is 5.84 Å². The predicted octanol–water partition coefficient (Wildman–Crippen LogP) is 1.78. The van der Waals surface area contributed by atoms with Crippen molar-refractivity contribution in [3.63, 3.8) is 0 Å². The van der Waals surface area contributed by atoms with E-state index in [9.17, 15) is 10.1 Å². The van der Waals surface area contributed by atoms with Gasteiger partial charge in [-0.05, 0) is 38.5 Å². The molecule has 1 atom stereocenters. The largest absolute Gasteiger partial charge is 0.346 e. The van der Waals surface area contributed by atoms with Crippen LogP contribution >= 0.6 is 0 Å². The molecule has 1 amide bonds. The molecule has 8 nitrogen and oxygen atoms in total. The van der Waals surface area contributed by atoms with Crippen LogP contribution in [0.2, 0.25) is 0 Å². The van der Waals surface area contributed by atoms with Crippen LogP contribution in [0.1, 0.15) is 31.2 Å². The minimum atomic E-state index is -0.790. The lowest BCUT2D eigenvalue weighted by molar-refractivity contribution is -0.136. The van der Waals surface area contributed by atoms with Crippen LogP contribution in [0, 0.1) is 22.7 Å². The highest BCUT2D eigenvalue weighted by molar-refractivity contribution is 5.89. The minimum Gasteiger partial charge on any atom is -0.346 e. The van der Waals surface area contributed by atoms with E-state index in [1.54, 1.807) is 6.34 Å². The SMILES string of the molecule is C=N/C(=C1/c2cc[nH]c2N=CN1N)[C@@H]1CCCN(C(=O)C2(C#N)CC2)C1. The number of carbonyl (C=O) groups is 1. The number of aromatic amines is 1. The van der Waals surface area contributed by atoms with Crippen LogP contribution in [0.15, 0.2) is 27.9 Å². The van der Waals surface area contributed by atoms with Crippen molar-refractivity contribution in [2.45, 2.75) is 25.7 Å². The summed E-state index contributed by atoms with van der Waals surface area (Å²) in [4.78, 5) is 26.2. The van der Waals surface area contributed by atoms with Crippen LogP contribution in [0.3, 0.4) is 0 Å². The van der Waals surface area contributed by atoms with Gasteiger partial charge in [-0.15, -0.1) is 0 Å². The first-order valence-corrected chi connectivity index (χ1v) is 8.77.